The number of carbonyl (C=O) groups excluding carboxylic acids is 2. The van der Waals surface area contributed by atoms with E-state index in [0.29, 0.717) is 42.2 Å². The molecular weight excluding hydrogens is 346 g/mol. The first-order valence-electron chi connectivity index (χ1n) is 8.58. The number of rotatable bonds is 3. The molecule has 136 valence electrons. The van der Waals surface area contributed by atoms with Crippen LogP contribution in [0.2, 0.25) is 5.02 Å². The van der Waals surface area contributed by atoms with Crippen LogP contribution in [0.1, 0.15) is 36.5 Å². The van der Waals surface area contributed by atoms with Crippen LogP contribution in [0.4, 0.5) is 0 Å². The number of piperidine rings is 1. The van der Waals surface area contributed by atoms with Gasteiger partial charge in [0, 0.05) is 19.5 Å². The fourth-order valence-electron chi connectivity index (χ4n) is 3.07. The van der Waals surface area contributed by atoms with E-state index < -0.39 is 5.97 Å². The van der Waals surface area contributed by atoms with Gasteiger partial charge in [-0.05, 0) is 30.9 Å². The predicted octanol–water partition coefficient (Wildman–Crippen LogP) is 2.92. The molecule has 0 saturated carbocycles. The molecule has 1 atom stereocenters. The number of hydrogen-bond acceptors (Lipinski definition) is 5. The summed E-state index contributed by atoms with van der Waals surface area (Å²) < 4.78 is 16.3. The standard InChI is InChI=1S/C18H22ClNO5/c1-12-4-2-5-20(10-12)16(21)11-25-18(22)13-8-14(19)17-15(9-13)23-6-3-7-24-17/h8-9,12H,2-7,10-11H2,1H3. The molecule has 0 spiro atoms. The molecule has 1 unspecified atom stereocenters. The molecule has 7 heteroatoms. The second-order valence-corrected chi connectivity index (χ2v) is 6.91. The molecule has 1 fully saturated rings. The lowest BCUT2D eigenvalue weighted by Gasteiger charge is -2.30. The van der Waals surface area contributed by atoms with Crippen LogP contribution in [0.3, 0.4) is 0 Å². The maximum atomic E-state index is 12.3. The summed E-state index contributed by atoms with van der Waals surface area (Å²) in [5.41, 5.74) is 0.245. The van der Waals surface area contributed by atoms with Gasteiger partial charge in [-0.2, -0.15) is 0 Å². The number of ether oxygens (including phenoxy) is 3. The monoisotopic (exact) mass is 367 g/mol. The second-order valence-electron chi connectivity index (χ2n) is 6.50. The van der Waals surface area contributed by atoms with Crippen molar-refractivity contribution in [3.8, 4) is 11.5 Å². The van der Waals surface area contributed by atoms with Gasteiger partial charge in [-0.1, -0.05) is 18.5 Å². The second kappa shape index (κ2) is 7.95. The number of likely N-dealkylation sites (tertiary alicyclic amines) is 1. The Bertz CT molecular complexity index is 663. The number of amides is 1. The molecule has 2 heterocycles. The summed E-state index contributed by atoms with van der Waals surface area (Å²) in [5, 5.41) is 0.294. The van der Waals surface area contributed by atoms with Crippen molar-refractivity contribution in [1.82, 2.24) is 4.90 Å². The summed E-state index contributed by atoms with van der Waals surface area (Å²) in [4.78, 5) is 26.2. The summed E-state index contributed by atoms with van der Waals surface area (Å²) in [5.74, 6) is 0.576. The molecular formula is C18H22ClNO5. The van der Waals surface area contributed by atoms with E-state index in [9.17, 15) is 9.59 Å². The maximum absolute atomic E-state index is 12.3. The molecule has 0 aliphatic carbocycles. The van der Waals surface area contributed by atoms with Gasteiger partial charge in [0.25, 0.3) is 5.91 Å². The van der Waals surface area contributed by atoms with Gasteiger partial charge >= 0.3 is 5.97 Å². The number of esters is 1. The van der Waals surface area contributed by atoms with Gasteiger partial charge in [-0.3, -0.25) is 4.79 Å². The number of carbonyl (C=O) groups is 2. The first kappa shape index (κ1) is 17.9. The Balaban J connectivity index is 1.62. The SMILES string of the molecule is CC1CCCN(C(=O)COC(=O)c2cc(Cl)c3c(c2)OCCCO3)C1. The molecule has 25 heavy (non-hydrogen) atoms. The molecule has 0 N–H and O–H groups in total. The highest BCUT2D eigenvalue weighted by molar-refractivity contribution is 6.32. The van der Waals surface area contributed by atoms with E-state index in [2.05, 4.69) is 6.92 Å². The molecule has 6 nitrogen and oxygen atoms in total. The van der Waals surface area contributed by atoms with E-state index in [1.807, 2.05) is 0 Å². The summed E-state index contributed by atoms with van der Waals surface area (Å²) in [6.45, 7) is 4.29. The highest BCUT2D eigenvalue weighted by atomic mass is 35.5. The molecule has 0 bridgehead atoms. The van der Waals surface area contributed by atoms with Crippen LogP contribution in [0.15, 0.2) is 12.1 Å². The molecule has 2 aliphatic heterocycles. The van der Waals surface area contributed by atoms with Crippen LogP contribution >= 0.6 is 11.6 Å². The minimum Gasteiger partial charge on any atom is -0.489 e. The van der Waals surface area contributed by atoms with Crippen molar-refractivity contribution in [3.05, 3.63) is 22.7 Å². The highest BCUT2D eigenvalue weighted by Gasteiger charge is 2.23. The Kier molecular flexibility index (Phi) is 5.68. The van der Waals surface area contributed by atoms with Gasteiger partial charge in [0.05, 0.1) is 23.8 Å². The topological polar surface area (TPSA) is 65.1 Å². The highest BCUT2D eigenvalue weighted by Crippen LogP contribution is 2.38. The van der Waals surface area contributed by atoms with Crippen LogP contribution in [0, 0.1) is 5.92 Å². The minimum atomic E-state index is -0.601. The lowest BCUT2D eigenvalue weighted by molar-refractivity contribution is -0.136. The van der Waals surface area contributed by atoms with Crippen LogP contribution in [-0.4, -0.2) is 49.7 Å². The molecule has 3 rings (SSSR count). The third-order valence-corrected chi connectivity index (χ3v) is 4.66. The van der Waals surface area contributed by atoms with E-state index in [-0.39, 0.29) is 18.1 Å². The number of nitrogens with zero attached hydrogens (tertiary/aromatic N) is 1. The van der Waals surface area contributed by atoms with Crippen molar-refractivity contribution in [2.45, 2.75) is 26.2 Å². The van der Waals surface area contributed by atoms with E-state index in [1.54, 1.807) is 11.0 Å². The smallest absolute Gasteiger partial charge is 0.338 e. The van der Waals surface area contributed by atoms with Crippen molar-refractivity contribution in [2.24, 2.45) is 5.92 Å². The Morgan fingerprint density at radius 2 is 2.08 bits per heavy atom. The fourth-order valence-corrected chi connectivity index (χ4v) is 3.33. The van der Waals surface area contributed by atoms with Crippen LogP contribution < -0.4 is 9.47 Å². The third-order valence-electron chi connectivity index (χ3n) is 4.37. The molecule has 0 radical (unpaired) electrons. The van der Waals surface area contributed by atoms with Crippen molar-refractivity contribution < 1.29 is 23.8 Å². The van der Waals surface area contributed by atoms with Crippen LogP contribution in [0.5, 0.6) is 11.5 Å². The molecule has 2 aliphatic rings. The van der Waals surface area contributed by atoms with Crippen LogP contribution in [-0.2, 0) is 9.53 Å². The maximum Gasteiger partial charge on any atom is 0.338 e. The average Bonchev–Trinajstić information content (AvgIpc) is 2.85. The Morgan fingerprint density at radius 1 is 1.28 bits per heavy atom. The van der Waals surface area contributed by atoms with Crippen molar-refractivity contribution >= 4 is 23.5 Å². The van der Waals surface area contributed by atoms with Crippen molar-refractivity contribution in [3.63, 3.8) is 0 Å². The number of hydrogen-bond donors (Lipinski definition) is 0. The minimum absolute atomic E-state index is 0.166. The summed E-state index contributed by atoms with van der Waals surface area (Å²) >= 11 is 6.18. The largest absolute Gasteiger partial charge is 0.489 e. The van der Waals surface area contributed by atoms with Gasteiger partial charge in [-0.15, -0.1) is 0 Å². The van der Waals surface area contributed by atoms with Gasteiger partial charge < -0.3 is 19.1 Å². The Morgan fingerprint density at radius 3 is 2.88 bits per heavy atom. The molecule has 1 aromatic rings. The normalized spacial score (nSPS) is 19.9. The predicted molar refractivity (Wildman–Crippen MR) is 92.3 cm³/mol. The zero-order valence-corrected chi connectivity index (χ0v) is 15.0. The zero-order valence-electron chi connectivity index (χ0n) is 14.3. The van der Waals surface area contributed by atoms with Gasteiger partial charge in [0.15, 0.2) is 18.1 Å². The number of halogens is 1. The van der Waals surface area contributed by atoms with E-state index >= 15 is 0 Å². The quantitative estimate of drug-likeness (QED) is 0.768. The summed E-state index contributed by atoms with van der Waals surface area (Å²) in [6, 6.07) is 3.02. The van der Waals surface area contributed by atoms with E-state index in [4.69, 9.17) is 25.8 Å². The van der Waals surface area contributed by atoms with Crippen molar-refractivity contribution in [2.75, 3.05) is 32.9 Å². The number of benzene rings is 1. The molecule has 1 aromatic carbocycles. The van der Waals surface area contributed by atoms with Crippen molar-refractivity contribution in [1.29, 1.82) is 0 Å². The lowest BCUT2D eigenvalue weighted by Crippen LogP contribution is -2.41. The Labute approximate surface area is 152 Å². The zero-order chi connectivity index (χ0) is 17.8. The van der Waals surface area contributed by atoms with E-state index in [1.165, 1.54) is 6.07 Å². The van der Waals surface area contributed by atoms with Gasteiger partial charge in [0.1, 0.15) is 0 Å². The Hall–Kier alpha value is -1.95. The average molecular weight is 368 g/mol. The van der Waals surface area contributed by atoms with Gasteiger partial charge in [0.2, 0.25) is 0 Å². The molecule has 1 saturated heterocycles. The van der Waals surface area contributed by atoms with E-state index in [0.717, 1.165) is 25.8 Å². The lowest BCUT2D eigenvalue weighted by atomic mass is 10.0. The molecule has 1 amide bonds. The number of fused-ring (bicyclic) bond motifs is 1. The third kappa shape index (κ3) is 4.37. The first-order chi connectivity index (χ1) is 12.0. The molecule has 0 aromatic heterocycles. The first-order valence-corrected chi connectivity index (χ1v) is 8.96. The summed E-state index contributed by atoms with van der Waals surface area (Å²) in [6.07, 6.45) is 2.85. The van der Waals surface area contributed by atoms with Crippen LogP contribution in [0.25, 0.3) is 0 Å². The summed E-state index contributed by atoms with van der Waals surface area (Å²) in [7, 11) is 0. The fraction of sp³-hybridized carbons (Fsp3) is 0.556. The van der Waals surface area contributed by atoms with Gasteiger partial charge in [-0.25, -0.2) is 4.79 Å².